The Labute approximate surface area is 213 Å². The van der Waals surface area contributed by atoms with E-state index in [0.717, 1.165) is 23.7 Å². The Morgan fingerprint density at radius 2 is 1.53 bits per heavy atom. The van der Waals surface area contributed by atoms with Crippen LogP contribution in [0.3, 0.4) is 0 Å². The molecule has 4 aliphatic carbocycles. The monoisotopic (exact) mass is 469 g/mol. The van der Waals surface area contributed by atoms with Gasteiger partial charge in [-0.3, -0.25) is 0 Å². The lowest BCUT2D eigenvalue weighted by atomic mass is 9.47. The summed E-state index contributed by atoms with van der Waals surface area (Å²) in [4.78, 5) is 0. The second kappa shape index (κ2) is 12.8. The van der Waals surface area contributed by atoms with Crippen molar-refractivity contribution in [3.8, 4) is 0 Å². The summed E-state index contributed by atoms with van der Waals surface area (Å²) < 4.78 is 0. The molecule has 0 amide bonds. The number of hydrogen-bond donors (Lipinski definition) is 1. The van der Waals surface area contributed by atoms with Crippen LogP contribution in [0.2, 0.25) is 0 Å². The van der Waals surface area contributed by atoms with Crippen molar-refractivity contribution in [2.45, 2.75) is 149 Å². The Morgan fingerprint density at radius 1 is 0.794 bits per heavy atom. The van der Waals surface area contributed by atoms with E-state index < -0.39 is 0 Å². The van der Waals surface area contributed by atoms with Crippen LogP contribution in [0, 0.1) is 34.5 Å². The molecule has 1 N–H and O–H groups in total. The predicted octanol–water partition coefficient (Wildman–Crippen LogP) is 9.86. The molecule has 3 fully saturated rings. The lowest BCUT2D eigenvalue weighted by Crippen LogP contribution is -2.49. The Hall–Kier alpha value is -0.300. The molecule has 0 aliphatic heterocycles. The second-order valence-electron chi connectivity index (χ2n) is 13.5. The standard InChI is InChI=1S/C33H59N/c1-4-5-6-7-8-9-10-11-12-15-25-34-26-22-28-18-20-30-29-19-17-27-16-13-14-23-32(27,2)31(29)21-24-33(28,30)3/h17,28-31,34H,4-16,18-26H2,1-3H3/t28-,29+,30+,31+,32+,33-/m1/s1. The van der Waals surface area contributed by atoms with Gasteiger partial charge in [-0.05, 0) is 112 Å². The van der Waals surface area contributed by atoms with E-state index in [0.29, 0.717) is 10.8 Å². The second-order valence-corrected chi connectivity index (χ2v) is 13.5. The van der Waals surface area contributed by atoms with E-state index in [9.17, 15) is 0 Å². The molecule has 0 saturated heterocycles. The molecule has 4 rings (SSSR count). The van der Waals surface area contributed by atoms with Gasteiger partial charge in [0.15, 0.2) is 0 Å². The minimum absolute atomic E-state index is 0.567. The number of unbranched alkanes of at least 4 members (excludes halogenated alkanes) is 9. The minimum Gasteiger partial charge on any atom is -0.317 e. The zero-order valence-corrected chi connectivity index (χ0v) is 23.4. The van der Waals surface area contributed by atoms with E-state index in [-0.39, 0.29) is 0 Å². The van der Waals surface area contributed by atoms with Crippen molar-refractivity contribution in [1.82, 2.24) is 5.32 Å². The summed E-state index contributed by atoms with van der Waals surface area (Å²) in [7, 11) is 0. The van der Waals surface area contributed by atoms with Gasteiger partial charge in [-0.25, -0.2) is 0 Å². The molecular formula is C33H59N. The highest BCUT2D eigenvalue weighted by atomic mass is 14.8. The summed E-state index contributed by atoms with van der Waals surface area (Å²) in [5.41, 5.74) is 3.07. The van der Waals surface area contributed by atoms with Gasteiger partial charge in [0.1, 0.15) is 0 Å². The summed E-state index contributed by atoms with van der Waals surface area (Å²) in [6.45, 7) is 10.2. The van der Waals surface area contributed by atoms with Gasteiger partial charge in [-0.15, -0.1) is 0 Å². The van der Waals surface area contributed by atoms with E-state index in [1.54, 1.807) is 0 Å². The van der Waals surface area contributed by atoms with Gasteiger partial charge in [0.25, 0.3) is 0 Å². The summed E-state index contributed by atoms with van der Waals surface area (Å²) >= 11 is 0. The Bertz CT molecular complexity index is 636. The van der Waals surface area contributed by atoms with Crippen molar-refractivity contribution < 1.29 is 0 Å². The average Bonchev–Trinajstić information content (AvgIpc) is 3.18. The van der Waals surface area contributed by atoms with Gasteiger partial charge in [-0.1, -0.05) is 96.6 Å². The largest absolute Gasteiger partial charge is 0.317 e. The molecule has 0 spiro atoms. The number of hydrogen-bond acceptors (Lipinski definition) is 1. The van der Waals surface area contributed by atoms with Crippen molar-refractivity contribution in [2.24, 2.45) is 34.5 Å². The zero-order valence-electron chi connectivity index (χ0n) is 23.4. The third-order valence-electron chi connectivity index (χ3n) is 11.6. The molecule has 1 nitrogen and oxygen atoms in total. The first-order valence-corrected chi connectivity index (χ1v) is 16.0. The Morgan fingerprint density at radius 3 is 2.29 bits per heavy atom. The third-order valence-corrected chi connectivity index (χ3v) is 11.6. The molecule has 0 heterocycles. The summed E-state index contributed by atoms with van der Waals surface area (Å²) in [5, 5.41) is 3.84. The van der Waals surface area contributed by atoms with Gasteiger partial charge < -0.3 is 5.32 Å². The fraction of sp³-hybridized carbons (Fsp3) is 0.939. The molecule has 0 radical (unpaired) electrons. The fourth-order valence-electron chi connectivity index (χ4n) is 9.42. The minimum atomic E-state index is 0.567. The summed E-state index contributed by atoms with van der Waals surface area (Å²) in [5.74, 6) is 3.98. The van der Waals surface area contributed by atoms with E-state index >= 15 is 0 Å². The highest BCUT2D eigenvalue weighted by molar-refractivity contribution is 5.24. The number of nitrogens with one attached hydrogen (secondary N) is 1. The molecule has 0 unspecified atom stereocenters. The van der Waals surface area contributed by atoms with Crippen LogP contribution in [0.1, 0.15) is 149 Å². The van der Waals surface area contributed by atoms with Gasteiger partial charge in [-0.2, -0.15) is 0 Å². The van der Waals surface area contributed by atoms with Crippen molar-refractivity contribution in [1.29, 1.82) is 0 Å². The zero-order chi connectivity index (χ0) is 23.9. The molecule has 196 valence electrons. The van der Waals surface area contributed by atoms with Gasteiger partial charge >= 0.3 is 0 Å². The van der Waals surface area contributed by atoms with Crippen molar-refractivity contribution in [3.63, 3.8) is 0 Å². The smallest absolute Gasteiger partial charge is 0.00461 e. The van der Waals surface area contributed by atoms with E-state index in [1.807, 2.05) is 5.57 Å². The lowest BCUT2D eigenvalue weighted by Gasteiger charge is -2.57. The van der Waals surface area contributed by atoms with Crippen LogP contribution in [-0.4, -0.2) is 13.1 Å². The Kier molecular flexibility index (Phi) is 10.1. The van der Waals surface area contributed by atoms with E-state index in [2.05, 4.69) is 32.2 Å². The predicted molar refractivity (Wildman–Crippen MR) is 149 cm³/mol. The van der Waals surface area contributed by atoms with Crippen LogP contribution >= 0.6 is 0 Å². The van der Waals surface area contributed by atoms with Crippen molar-refractivity contribution >= 4 is 0 Å². The maximum Gasteiger partial charge on any atom is -0.00461 e. The molecule has 1 heteroatoms. The number of fused-ring (bicyclic) bond motifs is 5. The first kappa shape index (κ1) is 26.8. The maximum absolute atomic E-state index is 3.84. The SMILES string of the molecule is CCCCCCCCCCCCNCC[C@H]1CC[C@H]2[C@@H]3CC=C4CCCC[C@]4(C)[C@H]3CC[C@]12C. The van der Waals surface area contributed by atoms with Gasteiger partial charge in [0, 0.05) is 0 Å². The normalized spacial score (nSPS) is 37.1. The van der Waals surface area contributed by atoms with Gasteiger partial charge in [0.05, 0.1) is 0 Å². The lowest BCUT2D eigenvalue weighted by molar-refractivity contribution is -0.0421. The van der Waals surface area contributed by atoms with Crippen molar-refractivity contribution in [2.75, 3.05) is 13.1 Å². The molecule has 3 saturated carbocycles. The molecule has 0 aromatic rings. The highest BCUT2D eigenvalue weighted by Gasteiger charge is 2.57. The van der Waals surface area contributed by atoms with Crippen LogP contribution in [0.25, 0.3) is 0 Å². The molecule has 4 aliphatic rings. The molecule has 0 bridgehead atoms. The van der Waals surface area contributed by atoms with E-state index in [1.165, 1.54) is 142 Å². The van der Waals surface area contributed by atoms with Crippen LogP contribution < -0.4 is 5.32 Å². The summed E-state index contributed by atoms with van der Waals surface area (Å²) in [6, 6.07) is 0. The van der Waals surface area contributed by atoms with Gasteiger partial charge in [0.2, 0.25) is 0 Å². The topological polar surface area (TPSA) is 12.0 Å². The first-order valence-electron chi connectivity index (χ1n) is 16.0. The quantitative estimate of drug-likeness (QED) is 0.197. The number of allylic oxidation sites excluding steroid dienone is 2. The first-order chi connectivity index (χ1) is 16.6. The Balaban J connectivity index is 1.12. The number of rotatable bonds is 14. The molecule has 0 aromatic heterocycles. The van der Waals surface area contributed by atoms with E-state index in [4.69, 9.17) is 0 Å². The van der Waals surface area contributed by atoms with Crippen molar-refractivity contribution in [3.05, 3.63) is 11.6 Å². The average molecular weight is 470 g/mol. The van der Waals surface area contributed by atoms with Crippen LogP contribution in [0.4, 0.5) is 0 Å². The summed E-state index contributed by atoms with van der Waals surface area (Å²) in [6.07, 6.45) is 31.9. The molecule has 34 heavy (non-hydrogen) atoms. The maximum atomic E-state index is 3.84. The molecule has 0 aromatic carbocycles. The molecular weight excluding hydrogens is 410 g/mol. The highest BCUT2D eigenvalue weighted by Crippen LogP contribution is 2.66. The fourth-order valence-corrected chi connectivity index (χ4v) is 9.42. The van der Waals surface area contributed by atoms with Crippen LogP contribution in [0.15, 0.2) is 11.6 Å². The molecule has 6 atom stereocenters. The van der Waals surface area contributed by atoms with Crippen LogP contribution in [0.5, 0.6) is 0 Å². The van der Waals surface area contributed by atoms with Crippen LogP contribution in [-0.2, 0) is 0 Å². The third kappa shape index (κ3) is 5.98.